The highest BCUT2D eigenvalue weighted by Crippen LogP contribution is 2.29. The summed E-state index contributed by atoms with van der Waals surface area (Å²) < 4.78 is 6.49. The van der Waals surface area contributed by atoms with E-state index in [4.69, 9.17) is 27.3 Å². The predicted octanol–water partition coefficient (Wildman–Crippen LogP) is 3.35. The maximum atomic E-state index is 8.83. The van der Waals surface area contributed by atoms with Gasteiger partial charge in [-0.25, -0.2) is 0 Å². The number of hydrogen-bond acceptors (Lipinski definition) is 4. The Labute approximate surface area is 114 Å². The van der Waals surface area contributed by atoms with Gasteiger partial charge in [0.1, 0.15) is 11.9 Å². The average molecular weight is 279 g/mol. The molecule has 0 amide bonds. The summed E-state index contributed by atoms with van der Waals surface area (Å²) in [6, 6.07) is 12.8. The van der Waals surface area contributed by atoms with Gasteiger partial charge in [-0.15, -0.1) is 11.3 Å². The molecule has 2 aromatic rings. The Morgan fingerprint density at radius 1 is 1.39 bits per heavy atom. The molecule has 0 radical (unpaired) electrons. The van der Waals surface area contributed by atoms with Crippen LogP contribution in [0.3, 0.4) is 0 Å². The van der Waals surface area contributed by atoms with Gasteiger partial charge >= 0.3 is 0 Å². The van der Waals surface area contributed by atoms with Crippen molar-refractivity contribution in [1.82, 2.24) is 0 Å². The van der Waals surface area contributed by atoms with Crippen molar-refractivity contribution < 1.29 is 4.74 Å². The van der Waals surface area contributed by atoms with Crippen LogP contribution in [0.5, 0.6) is 5.75 Å². The standard InChI is InChI=1S/C13H11ClN2OS/c14-13-5-4-12(18-13)11(8-16)17-10-3-1-2-9(6-10)7-15/h1-6,11H,8,16H2. The van der Waals surface area contributed by atoms with Crippen LogP contribution < -0.4 is 10.5 Å². The van der Waals surface area contributed by atoms with E-state index in [-0.39, 0.29) is 6.10 Å². The van der Waals surface area contributed by atoms with Crippen molar-refractivity contribution >= 4 is 22.9 Å². The first-order chi connectivity index (χ1) is 8.72. The summed E-state index contributed by atoms with van der Waals surface area (Å²) in [7, 11) is 0. The molecule has 2 N–H and O–H groups in total. The molecule has 18 heavy (non-hydrogen) atoms. The topological polar surface area (TPSA) is 59.0 Å². The van der Waals surface area contributed by atoms with Crippen molar-refractivity contribution in [2.24, 2.45) is 5.73 Å². The Balaban J connectivity index is 2.18. The van der Waals surface area contributed by atoms with Crippen molar-refractivity contribution in [3.63, 3.8) is 0 Å². The van der Waals surface area contributed by atoms with E-state index in [1.165, 1.54) is 11.3 Å². The molecule has 1 aromatic heterocycles. The summed E-state index contributed by atoms with van der Waals surface area (Å²) in [4.78, 5) is 0.977. The van der Waals surface area contributed by atoms with E-state index in [1.807, 2.05) is 12.1 Å². The molecule has 0 saturated carbocycles. The van der Waals surface area contributed by atoms with E-state index in [2.05, 4.69) is 6.07 Å². The fourth-order valence-electron chi connectivity index (χ4n) is 1.53. The van der Waals surface area contributed by atoms with E-state index >= 15 is 0 Å². The second-order valence-corrected chi connectivity index (χ2v) is 5.37. The Morgan fingerprint density at radius 3 is 2.83 bits per heavy atom. The maximum Gasteiger partial charge on any atom is 0.145 e. The SMILES string of the molecule is N#Cc1cccc(OC(CN)c2ccc(Cl)s2)c1. The van der Waals surface area contributed by atoms with Gasteiger partial charge in [0.15, 0.2) is 0 Å². The lowest BCUT2D eigenvalue weighted by molar-refractivity contribution is 0.218. The molecule has 5 heteroatoms. The van der Waals surface area contributed by atoms with Crippen LogP contribution in [0.25, 0.3) is 0 Å². The zero-order valence-electron chi connectivity index (χ0n) is 9.47. The second kappa shape index (κ2) is 5.87. The van der Waals surface area contributed by atoms with Crippen LogP contribution >= 0.6 is 22.9 Å². The van der Waals surface area contributed by atoms with Crippen LogP contribution in [0.4, 0.5) is 0 Å². The number of rotatable bonds is 4. The van der Waals surface area contributed by atoms with Crippen LogP contribution in [-0.2, 0) is 0 Å². The zero-order chi connectivity index (χ0) is 13.0. The molecule has 2 rings (SSSR count). The van der Waals surface area contributed by atoms with Crippen molar-refractivity contribution in [3.05, 3.63) is 51.2 Å². The fraction of sp³-hybridized carbons (Fsp3) is 0.154. The lowest BCUT2D eigenvalue weighted by atomic mass is 10.2. The molecule has 0 saturated heterocycles. The maximum absolute atomic E-state index is 8.83. The van der Waals surface area contributed by atoms with E-state index in [0.717, 1.165) is 4.88 Å². The van der Waals surface area contributed by atoms with Crippen LogP contribution in [0.15, 0.2) is 36.4 Å². The van der Waals surface area contributed by atoms with Crippen LogP contribution in [0.1, 0.15) is 16.5 Å². The number of nitrogens with zero attached hydrogens (tertiary/aromatic N) is 1. The van der Waals surface area contributed by atoms with E-state index < -0.39 is 0 Å². The number of nitrogens with two attached hydrogens (primary N) is 1. The molecule has 0 aliphatic carbocycles. The highest BCUT2D eigenvalue weighted by molar-refractivity contribution is 7.16. The third-order valence-electron chi connectivity index (χ3n) is 2.37. The number of benzene rings is 1. The summed E-state index contributed by atoms with van der Waals surface area (Å²) in [5, 5.41) is 8.83. The third kappa shape index (κ3) is 3.02. The van der Waals surface area contributed by atoms with Gasteiger partial charge in [0, 0.05) is 11.4 Å². The van der Waals surface area contributed by atoms with Gasteiger partial charge in [-0.2, -0.15) is 5.26 Å². The minimum absolute atomic E-state index is 0.239. The van der Waals surface area contributed by atoms with Crippen LogP contribution in [0, 0.1) is 11.3 Å². The predicted molar refractivity (Wildman–Crippen MR) is 72.9 cm³/mol. The molecule has 0 fully saturated rings. The van der Waals surface area contributed by atoms with Gasteiger partial charge in [-0.3, -0.25) is 0 Å². The average Bonchev–Trinajstić information content (AvgIpc) is 2.82. The quantitative estimate of drug-likeness (QED) is 0.933. The molecule has 1 heterocycles. The van der Waals surface area contributed by atoms with Crippen molar-refractivity contribution in [1.29, 1.82) is 5.26 Å². The summed E-state index contributed by atoms with van der Waals surface area (Å²) in [5.41, 5.74) is 6.27. The Kier molecular flexibility index (Phi) is 4.21. The highest BCUT2D eigenvalue weighted by atomic mass is 35.5. The number of nitriles is 1. The monoisotopic (exact) mass is 278 g/mol. The molecular formula is C13H11ClN2OS. The first-order valence-corrected chi connectivity index (χ1v) is 6.54. The number of ether oxygens (including phenoxy) is 1. The van der Waals surface area contributed by atoms with Gasteiger partial charge in [-0.05, 0) is 30.3 Å². The lowest BCUT2D eigenvalue weighted by Gasteiger charge is -2.16. The third-order valence-corrected chi connectivity index (χ3v) is 3.69. The minimum atomic E-state index is -0.239. The van der Waals surface area contributed by atoms with Gasteiger partial charge in [0.05, 0.1) is 16.0 Å². The molecule has 3 nitrogen and oxygen atoms in total. The minimum Gasteiger partial charge on any atom is -0.484 e. The Morgan fingerprint density at radius 2 is 2.22 bits per heavy atom. The van der Waals surface area contributed by atoms with Crippen molar-refractivity contribution in [2.45, 2.75) is 6.10 Å². The zero-order valence-corrected chi connectivity index (χ0v) is 11.0. The van der Waals surface area contributed by atoms with Gasteiger partial charge in [0.25, 0.3) is 0 Å². The largest absolute Gasteiger partial charge is 0.484 e. The molecule has 1 aromatic carbocycles. The molecule has 0 aliphatic rings. The number of halogens is 1. The van der Waals surface area contributed by atoms with Crippen LogP contribution in [-0.4, -0.2) is 6.54 Å². The second-order valence-electron chi connectivity index (χ2n) is 3.62. The molecule has 0 spiro atoms. The lowest BCUT2D eigenvalue weighted by Crippen LogP contribution is -2.17. The molecule has 0 aliphatic heterocycles. The molecular weight excluding hydrogens is 268 g/mol. The summed E-state index contributed by atoms with van der Waals surface area (Å²) in [6.45, 7) is 0.355. The van der Waals surface area contributed by atoms with Crippen molar-refractivity contribution in [2.75, 3.05) is 6.54 Å². The van der Waals surface area contributed by atoms with Gasteiger partial charge in [-0.1, -0.05) is 17.7 Å². The van der Waals surface area contributed by atoms with Crippen molar-refractivity contribution in [3.8, 4) is 11.8 Å². The first kappa shape index (κ1) is 12.9. The smallest absolute Gasteiger partial charge is 0.145 e. The van der Waals surface area contributed by atoms with Gasteiger partial charge < -0.3 is 10.5 Å². The van der Waals surface area contributed by atoms with E-state index in [0.29, 0.717) is 22.2 Å². The number of hydrogen-bond donors (Lipinski definition) is 1. The fourth-order valence-corrected chi connectivity index (χ4v) is 2.63. The summed E-state index contributed by atoms with van der Waals surface area (Å²) >= 11 is 7.34. The highest BCUT2D eigenvalue weighted by Gasteiger charge is 2.14. The molecule has 1 unspecified atom stereocenters. The van der Waals surface area contributed by atoms with E-state index in [9.17, 15) is 0 Å². The normalized spacial score (nSPS) is 11.8. The van der Waals surface area contributed by atoms with E-state index in [1.54, 1.807) is 24.3 Å². The van der Waals surface area contributed by atoms with Crippen LogP contribution in [0.2, 0.25) is 4.34 Å². The Bertz CT molecular complexity index is 576. The molecule has 0 bridgehead atoms. The first-order valence-electron chi connectivity index (χ1n) is 5.35. The Hall–Kier alpha value is -1.54. The molecule has 1 atom stereocenters. The number of thiophene rings is 1. The summed E-state index contributed by atoms with van der Waals surface area (Å²) in [6.07, 6.45) is -0.239. The summed E-state index contributed by atoms with van der Waals surface area (Å²) in [5.74, 6) is 0.633. The van der Waals surface area contributed by atoms with Gasteiger partial charge in [0.2, 0.25) is 0 Å². The molecule has 92 valence electrons.